The van der Waals surface area contributed by atoms with Crippen LogP contribution in [0.3, 0.4) is 0 Å². The Morgan fingerprint density at radius 1 is 1.17 bits per heavy atom. The van der Waals surface area contributed by atoms with Crippen molar-refractivity contribution in [3.8, 4) is 0 Å². The molecular formula is C12H19N3O3. The van der Waals surface area contributed by atoms with Crippen molar-refractivity contribution in [1.29, 1.82) is 0 Å². The molecule has 6 nitrogen and oxygen atoms in total. The normalized spacial score (nSPS) is 42.4. The van der Waals surface area contributed by atoms with Crippen LogP contribution in [-0.4, -0.2) is 12.3 Å². The molecule has 4 aliphatic carbocycles. The maximum Gasteiger partial charge on any atom is 0.312 e. The zero-order valence-electron chi connectivity index (χ0n) is 10.2. The molecule has 4 aliphatic rings. The van der Waals surface area contributed by atoms with E-state index in [9.17, 15) is 9.70 Å². The van der Waals surface area contributed by atoms with E-state index in [1.807, 2.05) is 5.43 Å². The molecule has 0 aromatic carbocycles. The molecule has 0 aliphatic heterocycles. The Morgan fingerprint density at radius 2 is 1.72 bits per heavy atom. The first-order chi connectivity index (χ1) is 8.67. The standard InChI is InChI=1S/C12H19N3O3/c13-12(14-15-17)18-11(16)10-8-2-6-1-7(4-8)5-9(10)3-6/h6-10,12H,1-5,13H2,(H,14,17). The lowest BCUT2D eigenvalue weighted by atomic mass is 9.52. The fraction of sp³-hybridized carbons (Fsp3) is 0.917. The van der Waals surface area contributed by atoms with Crippen molar-refractivity contribution in [2.45, 2.75) is 38.5 Å². The predicted octanol–water partition coefficient (Wildman–Crippen LogP) is 1.12. The second kappa shape index (κ2) is 4.50. The molecule has 0 aromatic heterocycles. The van der Waals surface area contributed by atoms with E-state index in [4.69, 9.17) is 10.5 Å². The van der Waals surface area contributed by atoms with Gasteiger partial charge in [0, 0.05) is 0 Å². The van der Waals surface area contributed by atoms with E-state index in [0.29, 0.717) is 11.8 Å². The number of nitrogens with two attached hydrogens (primary N) is 1. The summed E-state index contributed by atoms with van der Waals surface area (Å²) in [5, 5.41) is 2.42. The third kappa shape index (κ3) is 1.98. The van der Waals surface area contributed by atoms with E-state index < -0.39 is 6.35 Å². The number of hydrogen-bond donors (Lipinski definition) is 2. The number of nitrogens with zero attached hydrogens (tertiary/aromatic N) is 1. The molecule has 100 valence electrons. The Kier molecular flexibility index (Phi) is 2.97. The molecule has 0 spiro atoms. The summed E-state index contributed by atoms with van der Waals surface area (Å²) >= 11 is 0. The van der Waals surface area contributed by atoms with Crippen LogP contribution in [0.15, 0.2) is 5.29 Å². The van der Waals surface area contributed by atoms with Crippen LogP contribution in [-0.2, 0) is 9.53 Å². The highest BCUT2D eigenvalue weighted by molar-refractivity contribution is 5.73. The van der Waals surface area contributed by atoms with E-state index in [1.165, 1.54) is 6.42 Å². The summed E-state index contributed by atoms with van der Waals surface area (Å²) in [5.41, 5.74) is 7.43. The monoisotopic (exact) mass is 253 g/mol. The number of ether oxygens (including phenoxy) is 1. The zero-order valence-corrected chi connectivity index (χ0v) is 10.2. The highest BCUT2D eigenvalue weighted by Gasteiger charge is 2.51. The fourth-order valence-electron chi connectivity index (χ4n) is 4.59. The van der Waals surface area contributed by atoms with Crippen LogP contribution in [0.4, 0.5) is 0 Å². The Labute approximate surface area is 106 Å². The van der Waals surface area contributed by atoms with Gasteiger partial charge in [-0.05, 0) is 55.8 Å². The number of carbonyl (C=O) groups excluding carboxylic acids is 1. The third-order valence-electron chi connectivity index (χ3n) is 4.92. The van der Waals surface area contributed by atoms with Gasteiger partial charge in [0.1, 0.15) is 0 Å². The predicted molar refractivity (Wildman–Crippen MR) is 63.5 cm³/mol. The number of nitrogens with one attached hydrogen (secondary N) is 1. The molecule has 0 amide bonds. The maximum atomic E-state index is 12.1. The lowest BCUT2D eigenvalue weighted by Crippen LogP contribution is -2.50. The van der Waals surface area contributed by atoms with E-state index in [2.05, 4.69) is 5.29 Å². The SMILES string of the molecule is NC(NN=O)OC(=O)C1C2CC3CC(C2)CC1C3. The van der Waals surface area contributed by atoms with Gasteiger partial charge in [-0.15, -0.1) is 4.91 Å². The molecule has 0 aromatic rings. The number of carbonyl (C=O) groups is 1. The second-order valence-corrected chi connectivity index (χ2v) is 6.03. The Balaban J connectivity index is 1.65. The molecule has 3 N–H and O–H groups in total. The molecule has 6 heteroatoms. The molecule has 0 saturated heterocycles. The molecule has 0 heterocycles. The van der Waals surface area contributed by atoms with E-state index in [1.54, 1.807) is 0 Å². The molecular weight excluding hydrogens is 234 g/mol. The number of hydrogen-bond acceptors (Lipinski definition) is 5. The van der Waals surface area contributed by atoms with Crippen LogP contribution in [0, 0.1) is 34.5 Å². The summed E-state index contributed by atoms with van der Waals surface area (Å²) in [6, 6.07) is 0. The number of rotatable bonds is 4. The first-order valence-corrected chi connectivity index (χ1v) is 6.71. The van der Waals surface area contributed by atoms with E-state index in [0.717, 1.165) is 37.5 Å². The first kappa shape index (κ1) is 11.9. The van der Waals surface area contributed by atoms with Crippen LogP contribution in [0.2, 0.25) is 0 Å². The van der Waals surface area contributed by atoms with Crippen molar-refractivity contribution in [3.63, 3.8) is 0 Å². The fourth-order valence-corrected chi connectivity index (χ4v) is 4.59. The topological polar surface area (TPSA) is 93.8 Å². The third-order valence-corrected chi connectivity index (χ3v) is 4.92. The summed E-state index contributed by atoms with van der Waals surface area (Å²) in [4.78, 5) is 22.1. The molecule has 4 bridgehead atoms. The minimum Gasteiger partial charge on any atom is -0.426 e. The molecule has 4 rings (SSSR count). The van der Waals surface area contributed by atoms with Gasteiger partial charge in [-0.3, -0.25) is 10.5 Å². The van der Waals surface area contributed by atoms with Crippen molar-refractivity contribution in [2.75, 3.05) is 0 Å². The van der Waals surface area contributed by atoms with Gasteiger partial charge in [0.2, 0.25) is 6.35 Å². The van der Waals surface area contributed by atoms with Crippen molar-refractivity contribution in [1.82, 2.24) is 5.43 Å². The van der Waals surface area contributed by atoms with Crippen LogP contribution >= 0.6 is 0 Å². The van der Waals surface area contributed by atoms with Crippen molar-refractivity contribution >= 4 is 5.97 Å². The molecule has 1 atom stereocenters. The van der Waals surface area contributed by atoms with Crippen LogP contribution < -0.4 is 11.2 Å². The quantitative estimate of drug-likeness (QED) is 0.339. The minimum absolute atomic E-state index is 0.0164. The van der Waals surface area contributed by atoms with Gasteiger partial charge in [0.05, 0.1) is 11.2 Å². The lowest BCUT2D eigenvalue weighted by Gasteiger charge is -2.53. The van der Waals surface area contributed by atoms with Crippen molar-refractivity contribution in [2.24, 2.45) is 40.6 Å². The van der Waals surface area contributed by atoms with E-state index in [-0.39, 0.29) is 11.9 Å². The summed E-state index contributed by atoms with van der Waals surface area (Å²) in [6.45, 7) is 0. The smallest absolute Gasteiger partial charge is 0.312 e. The Morgan fingerprint density at radius 3 is 2.22 bits per heavy atom. The van der Waals surface area contributed by atoms with Crippen molar-refractivity contribution in [3.05, 3.63) is 4.91 Å². The van der Waals surface area contributed by atoms with Gasteiger partial charge in [0.25, 0.3) is 0 Å². The second-order valence-electron chi connectivity index (χ2n) is 6.03. The first-order valence-electron chi connectivity index (χ1n) is 6.71. The van der Waals surface area contributed by atoms with Crippen LogP contribution in [0.1, 0.15) is 32.1 Å². The van der Waals surface area contributed by atoms with Gasteiger partial charge in [-0.1, -0.05) is 0 Å². The number of nitroso groups, excluding NO2 is 1. The van der Waals surface area contributed by atoms with Gasteiger partial charge in [-0.2, -0.15) is 0 Å². The van der Waals surface area contributed by atoms with E-state index >= 15 is 0 Å². The van der Waals surface area contributed by atoms with Gasteiger partial charge in [0.15, 0.2) is 0 Å². The highest BCUT2D eigenvalue weighted by Crippen LogP contribution is 2.56. The average molecular weight is 253 g/mol. The highest BCUT2D eigenvalue weighted by atomic mass is 16.6. The average Bonchev–Trinajstić information content (AvgIpc) is 2.27. The lowest BCUT2D eigenvalue weighted by molar-refractivity contribution is -0.169. The molecule has 0 radical (unpaired) electrons. The minimum atomic E-state index is -1.12. The van der Waals surface area contributed by atoms with Crippen LogP contribution in [0.5, 0.6) is 0 Å². The van der Waals surface area contributed by atoms with Gasteiger partial charge >= 0.3 is 5.97 Å². The zero-order chi connectivity index (χ0) is 12.7. The number of esters is 1. The molecule has 4 fully saturated rings. The summed E-state index contributed by atoms with van der Waals surface area (Å²) in [7, 11) is 0. The maximum absolute atomic E-state index is 12.1. The van der Waals surface area contributed by atoms with Gasteiger partial charge < -0.3 is 4.74 Å². The molecule has 4 saturated carbocycles. The Bertz CT molecular complexity index is 332. The van der Waals surface area contributed by atoms with Gasteiger partial charge in [-0.25, -0.2) is 5.43 Å². The molecule has 18 heavy (non-hydrogen) atoms. The summed E-state index contributed by atoms with van der Waals surface area (Å²) in [5.74, 6) is 2.29. The largest absolute Gasteiger partial charge is 0.426 e. The summed E-state index contributed by atoms with van der Waals surface area (Å²) in [6.07, 6.45) is 4.85. The Hall–Kier alpha value is -1.17. The molecule has 1 unspecified atom stereocenters. The van der Waals surface area contributed by atoms with Crippen molar-refractivity contribution < 1.29 is 9.53 Å². The summed E-state index contributed by atoms with van der Waals surface area (Å²) < 4.78 is 5.05. The van der Waals surface area contributed by atoms with Crippen LogP contribution in [0.25, 0.3) is 0 Å².